The van der Waals surface area contributed by atoms with Gasteiger partial charge in [0.15, 0.2) is 10.9 Å². The van der Waals surface area contributed by atoms with E-state index < -0.39 is 23.2 Å². The van der Waals surface area contributed by atoms with E-state index in [0.29, 0.717) is 17.4 Å². The Labute approximate surface area is 204 Å². The number of thioether (sulfide) groups is 1. The summed E-state index contributed by atoms with van der Waals surface area (Å²) in [6, 6.07) is 2.42. The number of urea groups is 1. The summed E-state index contributed by atoms with van der Waals surface area (Å²) in [5, 5.41) is 12.2. The first kappa shape index (κ1) is 25.1. The Kier molecular flexibility index (Phi) is 8.30. The fourth-order valence-electron chi connectivity index (χ4n) is 3.32. The van der Waals surface area contributed by atoms with Crippen LogP contribution in [0.15, 0.2) is 22.5 Å². The average molecular weight is 520 g/mol. The molecule has 0 atom stereocenters. The number of aliphatic carboxylic acids is 1. The highest BCUT2D eigenvalue weighted by Gasteiger charge is 2.29. The number of amides is 2. The van der Waals surface area contributed by atoms with Gasteiger partial charge < -0.3 is 5.11 Å². The third-order valence-electron chi connectivity index (χ3n) is 5.32. The molecule has 1 heterocycles. The topological polar surface area (TPSA) is 82.5 Å². The molecule has 1 aliphatic rings. The van der Waals surface area contributed by atoms with Gasteiger partial charge in [-0.15, -0.1) is 11.8 Å². The van der Waals surface area contributed by atoms with E-state index >= 15 is 0 Å². The smallest absolute Gasteiger partial charge is 0.328 e. The third kappa shape index (κ3) is 6.07. The zero-order valence-electron chi connectivity index (χ0n) is 17.7. The maximum Gasteiger partial charge on any atom is 0.328 e. The Balaban J connectivity index is 1.75. The summed E-state index contributed by atoms with van der Waals surface area (Å²) in [5.74, 6) is -0.983. The van der Waals surface area contributed by atoms with Crippen LogP contribution in [0.3, 0.4) is 0 Å². The Morgan fingerprint density at radius 3 is 2.69 bits per heavy atom. The van der Waals surface area contributed by atoms with Crippen molar-refractivity contribution in [1.82, 2.24) is 4.98 Å². The Morgan fingerprint density at radius 1 is 1.34 bits per heavy atom. The molecule has 1 saturated carbocycles. The molecule has 0 aliphatic heterocycles. The predicted molar refractivity (Wildman–Crippen MR) is 129 cm³/mol. The van der Waals surface area contributed by atoms with Gasteiger partial charge in [-0.25, -0.2) is 14.2 Å². The lowest BCUT2D eigenvalue weighted by molar-refractivity contribution is -0.145. The molecule has 0 spiro atoms. The van der Waals surface area contributed by atoms with Crippen molar-refractivity contribution in [3.8, 4) is 0 Å². The molecular weight excluding hydrogens is 496 g/mol. The summed E-state index contributed by atoms with van der Waals surface area (Å²) in [6.07, 6.45) is 5.71. The van der Waals surface area contributed by atoms with E-state index in [1.807, 2.05) is 0 Å². The zero-order chi connectivity index (χ0) is 23.5. The second-order valence-corrected chi connectivity index (χ2v) is 11.4. The number of benzene rings is 1. The van der Waals surface area contributed by atoms with Crippen molar-refractivity contribution in [3.63, 3.8) is 0 Å². The number of aromatic nitrogens is 1. The lowest BCUT2D eigenvalue weighted by Crippen LogP contribution is -2.38. The van der Waals surface area contributed by atoms with Crippen LogP contribution in [0.1, 0.15) is 39.5 Å². The number of hydrogen-bond acceptors (Lipinski definition) is 5. The molecule has 0 bridgehead atoms. The van der Waals surface area contributed by atoms with Crippen molar-refractivity contribution in [1.29, 1.82) is 0 Å². The zero-order valence-corrected chi connectivity index (χ0v) is 20.8. The third-order valence-corrected chi connectivity index (χ3v) is 8.67. The van der Waals surface area contributed by atoms with Gasteiger partial charge in [-0.1, -0.05) is 47.4 Å². The minimum atomic E-state index is -0.887. The van der Waals surface area contributed by atoms with Crippen molar-refractivity contribution in [3.05, 3.63) is 34.2 Å². The number of nitrogens with zero attached hydrogens (tertiary/aromatic N) is 2. The number of hydrogen-bond donors (Lipinski definition) is 2. The quantitative estimate of drug-likeness (QED) is 0.289. The highest BCUT2D eigenvalue weighted by atomic mass is 35.5. The van der Waals surface area contributed by atoms with Gasteiger partial charge in [0.05, 0.1) is 31.6 Å². The Bertz CT molecular complexity index is 997. The van der Waals surface area contributed by atoms with Gasteiger partial charge >= 0.3 is 12.0 Å². The lowest BCUT2D eigenvalue weighted by Gasteiger charge is -2.26. The van der Waals surface area contributed by atoms with Crippen molar-refractivity contribution in [2.45, 2.75) is 43.7 Å². The van der Waals surface area contributed by atoms with Gasteiger partial charge in [0.1, 0.15) is 0 Å². The number of halogens is 3. The van der Waals surface area contributed by atoms with Crippen LogP contribution < -0.4 is 10.2 Å². The molecule has 0 radical (unpaired) electrons. The Hall–Kier alpha value is -1.55. The summed E-state index contributed by atoms with van der Waals surface area (Å²) in [7, 11) is 0. The summed E-state index contributed by atoms with van der Waals surface area (Å²) >= 11 is 14.5. The van der Waals surface area contributed by atoms with E-state index in [9.17, 15) is 19.1 Å². The van der Waals surface area contributed by atoms with Gasteiger partial charge in [-0.05, 0) is 44.7 Å². The summed E-state index contributed by atoms with van der Waals surface area (Å²) < 4.78 is 15.6. The van der Waals surface area contributed by atoms with E-state index in [1.54, 1.807) is 20.0 Å². The number of anilines is 2. The van der Waals surface area contributed by atoms with Gasteiger partial charge in [0.2, 0.25) is 0 Å². The average Bonchev–Trinajstić information content (AvgIpc) is 3.41. The van der Waals surface area contributed by atoms with E-state index in [-0.39, 0.29) is 21.7 Å². The molecule has 1 aliphatic carbocycles. The molecule has 1 aromatic carbocycles. The van der Waals surface area contributed by atoms with Crippen LogP contribution in [0.5, 0.6) is 0 Å². The number of carbonyl (C=O) groups is 2. The minimum Gasteiger partial charge on any atom is -0.481 e. The molecule has 174 valence electrons. The second-order valence-electron chi connectivity index (χ2n) is 8.35. The van der Waals surface area contributed by atoms with Crippen LogP contribution in [0.25, 0.3) is 0 Å². The van der Waals surface area contributed by atoms with Crippen molar-refractivity contribution >= 4 is 69.1 Å². The van der Waals surface area contributed by atoms with Gasteiger partial charge in [0.25, 0.3) is 0 Å². The van der Waals surface area contributed by atoms with Crippen molar-refractivity contribution in [2.24, 2.45) is 11.3 Å². The SMILES string of the molecule is CC(C)(CSc1cnc(NC(=O)N(CC2CCCC2)c2ccc(Cl)c(Cl)c2F)s1)C(=O)O. The predicted octanol–water partition coefficient (Wildman–Crippen LogP) is 7.02. The largest absolute Gasteiger partial charge is 0.481 e. The summed E-state index contributed by atoms with van der Waals surface area (Å²) in [5.41, 5.74) is -0.820. The van der Waals surface area contributed by atoms with Crippen LogP contribution in [-0.2, 0) is 4.79 Å². The lowest BCUT2D eigenvalue weighted by atomic mass is 9.97. The molecule has 3 rings (SSSR count). The first-order valence-electron chi connectivity index (χ1n) is 10.1. The van der Waals surface area contributed by atoms with Gasteiger partial charge in [-0.3, -0.25) is 15.0 Å². The van der Waals surface area contributed by atoms with Crippen LogP contribution in [-0.4, -0.2) is 34.4 Å². The number of thiazole rings is 1. The van der Waals surface area contributed by atoms with Gasteiger partial charge in [0, 0.05) is 12.3 Å². The molecule has 6 nitrogen and oxygen atoms in total. The molecule has 1 aromatic heterocycles. The van der Waals surface area contributed by atoms with Crippen LogP contribution in [0, 0.1) is 17.2 Å². The maximum atomic E-state index is 14.9. The van der Waals surface area contributed by atoms with Crippen LogP contribution in [0.2, 0.25) is 10.0 Å². The maximum absolute atomic E-state index is 14.9. The first-order chi connectivity index (χ1) is 15.1. The number of nitrogens with one attached hydrogen (secondary N) is 1. The van der Waals surface area contributed by atoms with Crippen molar-refractivity contribution in [2.75, 3.05) is 22.5 Å². The normalized spacial score (nSPS) is 14.5. The van der Waals surface area contributed by atoms with Crippen LogP contribution >= 0.6 is 46.3 Å². The highest BCUT2D eigenvalue weighted by Crippen LogP contribution is 2.36. The molecule has 1 fully saturated rings. The molecule has 32 heavy (non-hydrogen) atoms. The number of carboxylic acid groups (broad SMARTS) is 1. The standard InChI is InChI=1S/C21H24Cl2FN3O3S2/c1-21(2,18(28)29)11-31-15-9-25-19(32-15)26-20(30)27(10-12-5-3-4-6-12)14-8-7-13(22)16(23)17(14)24/h7-9,12H,3-6,10-11H2,1-2H3,(H,28,29)(H,25,26,30). The first-order valence-corrected chi connectivity index (χ1v) is 12.7. The van der Waals surface area contributed by atoms with Crippen LogP contribution in [0.4, 0.5) is 20.0 Å². The fourth-order valence-corrected chi connectivity index (χ4v) is 5.57. The molecule has 2 amide bonds. The number of rotatable bonds is 8. The van der Waals surface area contributed by atoms with E-state index in [0.717, 1.165) is 29.9 Å². The number of carbonyl (C=O) groups excluding carboxylic acids is 1. The minimum absolute atomic E-state index is 0.0677. The highest BCUT2D eigenvalue weighted by molar-refractivity contribution is 8.01. The second kappa shape index (κ2) is 10.6. The van der Waals surface area contributed by atoms with E-state index in [4.69, 9.17) is 23.2 Å². The number of carboxylic acids is 1. The van der Waals surface area contributed by atoms with Gasteiger partial charge in [-0.2, -0.15) is 0 Å². The summed E-state index contributed by atoms with van der Waals surface area (Å²) in [4.78, 5) is 30.0. The van der Waals surface area contributed by atoms with E-state index in [2.05, 4.69) is 10.3 Å². The molecule has 2 aromatic rings. The Morgan fingerprint density at radius 2 is 2.03 bits per heavy atom. The fraction of sp³-hybridized carbons (Fsp3) is 0.476. The molecule has 11 heteroatoms. The van der Waals surface area contributed by atoms with E-state index in [1.165, 1.54) is 40.1 Å². The molecule has 2 N–H and O–H groups in total. The molecule has 0 saturated heterocycles. The monoisotopic (exact) mass is 519 g/mol. The molecule has 0 unspecified atom stereocenters. The molecular formula is C21H24Cl2FN3O3S2. The summed E-state index contributed by atoms with van der Waals surface area (Å²) in [6.45, 7) is 3.66. The van der Waals surface area contributed by atoms with Crippen molar-refractivity contribution < 1.29 is 19.1 Å².